The minimum atomic E-state index is -0.0217. The fourth-order valence-corrected chi connectivity index (χ4v) is 3.45. The highest BCUT2D eigenvalue weighted by Gasteiger charge is 2.16. The monoisotopic (exact) mass is 391 g/mol. The largest absolute Gasteiger partial charge is 0.484 e. The van der Waals surface area contributed by atoms with Gasteiger partial charge < -0.3 is 9.64 Å². The van der Waals surface area contributed by atoms with E-state index >= 15 is 0 Å². The van der Waals surface area contributed by atoms with Gasteiger partial charge in [-0.25, -0.2) is 0 Å². The molecule has 0 aromatic carbocycles. The minimum Gasteiger partial charge on any atom is -0.484 e. The van der Waals surface area contributed by atoms with Crippen LogP contribution in [0.3, 0.4) is 0 Å². The second kappa shape index (κ2) is 13.7. The molecule has 0 N–H and O–H groups in total. The lowest BCUT2D eigenvalue weighted by atomic mass is 9.96. The molecule has 0 fully saturated rings. The molecule has 0 aromatic rings. The molecule has 0 bridgehead atoms. The Morgan fingerprint density at radius 2 is 2.04 bits per heavy atom. The zero-order valence-electron chi connectivity index (χ0n) is 17.2. The molecule has 1 unspecified atom stereocenters. The van der Waals surface area contributed by atoms with Crippen molar-refractivity contribution in [2.45, 2.75) is 70.5 Å². The van der Waals surface area contributed by atoms with Crippen LogP contribution in [0.25, 0.3) is 0 Å². The van der Waals surface area contributed by atoms with Gasteiger partial charge in [-0.05, 0) is 58.4 Å². The quantitative estimate of drug-likeness (QED) is 0.207. The highest BCUT2D eigenvalue weighted by Crippen LogP contribution is 2.22. The lowest BCUT2D eigenvalue weighted by molar-refractivity contribution is -0.134. The topological polar surface area (TPSA) is 29.5 Å². The summed E-state index contributed by atoms with van der Waals surface area (Å²) in [7, 11) is 0. The zero-order chi connectivity index (χ0) is 20.1. The van der Waals surface area contributed by atoms with Crippen LogP contribution in [0.5, 0.6) is 0 Å². The van der Waals surface area contributed by atoms with Crippen molar-refractivity contribution in [2.75, 3.05) is 19.7 Å². The lowest BCUT2D eigenvalue weighted by Gasteiger charge is -2.24. The third kappa shape index (κ3) is 11.1. The minimum absolute atomic E-state index is 0.0128. The number of hydrogen-bond acceptors (Lipinski definition) is 3. The summed E-state index contributed by atoms with van der Waals surface area (Å²) in [5.41, 5.74) is 2.49. The van der Waals surface area contributed by atoms with E-state index in [0.717, 1.165) is 18.4 Å². The summed E-state index contributed by atoms with van der Waals surface area (Å²) < 4.78 is 5.45. The molecule has 1 rings (SSSR count). The summed E-state index contributed by atoms with van der Waals surface area (Å²) in [6.07, 6.45) is 15.9. The van der Waals surface area contributed by atoms with E-state index in [1.807, 2.05) is 24.8 Å². The first-order chi connectivity index (χ1) is 12.9. The SMILES string of the molecule is C=C(C)/C=C\C(=C)OCC(=O)N(CC)CC(S)CC/C1=C\CCCCCC1. The van der Waals surface area contributed by atoms with E-state index in [1.165, 1.54) is 38.5 Å². The Hall–Kier alpha value is -1.42. The third-order valence-corrected chi connectivity index (χ3v) is 5.21. The van der Waals surface area contributed by atoms with Gasteiger partial charge in [-0.1, -0.05) is 49.3 Å². The zero-order valence-corrected chi connectivity index (χ0v) is 18.1. The number of amides is 1. The maximum absolute atomic E-state index is 12.4. The second-order valence-corrected chi connectivity index (χ2v) is 8.11. The maximum Gasteiger partial charge on any atom is 0.260 e. The Balaban J connectivity index is 2.38. The molecule has 0 radical (unpaired) electrons. The third-order valence-electron chi connectivity index (χ3n) is 4.78. The number of thiol groups is 1. The van der Waals surface area contributed by atoms with Gasteiger partial charge in [0.2, 0.25) is 0 Å². The standard InChI is InChI=1S/C23H37NO2S/c1-5-24(23(25)18-26-20(4)14-13-19(2)3)17-22(27)16-15-21-11-9-7-6-8-10-12-21/h11,13-14,22,27H,2,4-10,12,15-18H2,1,3H3/b14-13-,21-11-. The van der Waals surface area contributed by atoms with Crippen molar-refractivity contribution in [1.29, 1.82) is 0 Å². The number of carbonyl (C=O) groups is 1. The molecule has 1 aliphatic carbocycles. The Morgan fingerprint density at radius 3 is 2.74 bits per heavy atom. The van der Waals surface area contributed by atoms with Crippen molar-refractivity contribution in [1.82, 2.24) is 4.90 Å². The van der Waals surface area contributed by atoms with Gasteiger partial charge >= 0.3 is 0 Å². The number of ether oxygens (including phenoxy) is 1. The van der Waals surface area contributed by atoms with Gasteiger partial charge in [0.25, 0.3) is 5.91 Å². The molecule has 4 heteroatoms. The van der Waals surface area contributed by atoms with Crippen LogP contribution in [0, 0.1) is 0 Å². The van der Waals surface area contributed by atoms with E-state index in [0.29, 0.717) is 18.8 Å². The van der Waals surface area contributed by atoms with Crippen LogP contribution in [0.15, 0.2) is 48.3 Å². The van der Waals surface area contributed by atoms with E-state index < -0.39 is 0 Å². The van der Waals surface area contributed by atoms with Gasteiger partial charge in [-0.15, -0.1) is 0 Å². The Kier molecular flexibility index (Phi) is 12.0. The van der Waals surface area contributed by atoms with E-state index in [-0.39, 0.29) is 17.8 Å². The first kappa shape index (κ1) is 23.6. The van der Waals surface area contributed by atoms with E-state index in [1.54, 1.807) is 11.6 Å². The van der Waals surface area contributed by atoms with Crippen LogP contribution in [0.4, 0.5) is 0 Å². The van der Waals surface area contributed by atoms with Gasteiger partial charge in [-0.2, -0.15) is 12.6 Å². The van der Waals surface area contributed by atoms with Crippen molar-refractivity contribution >= 4 is 18.5 Å². The van der Waals surface area contributed by atoms with E-state index in [4.69, 9.17) is 17.4 Å². The summed E-state index contributed by atoms with van der Waals surface area (Å²) in [4.78, 5) is 14.2. The fraction of sp³-hybridized carbons (Fsp3) is 0.609. The fourth-order valence-electron chi connectivity index (χ4n) is 3.12. The van der Waals surface area contributed by atoms with Gasteiger partial charge in [-0.3, -0.25) is 4.79 Å². The number of hydrogen-bond donors (Lipinski definition) is 1. The normalized spacial score (nSPS) is 18.1. The van der Waals surface area contributed by atoms with Crippen molar-refractivity contribution in [3.63, 3.8) is 0 Å². The molecule has 0 aromatic heterocycles. The molecule has 152 valence electrons. The summed E-state index contributed by atoms with van der Waals surface area (Å²) in [6, 6.07) is 0. The van der Waals surface area contributed by atoms with Crippen LogP contribution in [0.1, 0.15) is 65.2 Å². The number of allylic oxidation sites excluding steroid dienone is 5. The summed E-state index contributed by atoms with van der Waals surface area (Å²) >= 11 is 4.73. The highest BCUT2D eigenvalue weighted by atomic mass is 32.1. The summed E-state index contributed by atoms with van der Waals surface area (Å²) in [5, 5.41) is 0.187. The van der Waals surface area contributed by atoms with Gasteiger partial charge in [0.15, 0.2) is 6.61 Å². The Bertz CT molecular complexity index is 551. The van der Waals surface area contributed by atoms with Crippen molar-refractivity contribution in [2.24, 2.45) is 0 Å². The molecule has 1 atom stereocenters. The number of nitrogens with zero attached hydrogens (tertiary/aromatic N) is 1. The Morgan fingerprint density at radius 1 is 1.30 bits per heavy atom. The highest BCUT2D eigenvalue weighted by molar-refractivity contribution is 7.81. The van der Waals surface area contributed by atoms with Crippen LogP contribution >= 0.6 is 12.6 Å². The van der Waals surface area contributed by atoms with E-state index in [2.05, 4.69) is 19.2 Å². The number of likely N-dealkylation sites (N-methyl/N-ethyl adjacent to an activating group) is 1. The van der Waals surface area contributed by atoms with Crippen LogP contribution in [-0.4, -0.2) is 35.8 Å². The predicted molar refractivity (Wildman–Crippen MR) is 119 cm³/mol. The molecule has 0 aliphatic heterocycles. The first-order valence-electron chi connectivity index (χ1n) is 10.2. The van der Waals surface area contributed by atoms with Crippen molar-refractivity contribution in [3.8, 4) is 0 Å². The lowest BCUT2D eigenvalue weighted by Crippen LogP contribution is -2.38. The molecule has 1 aliphatic rings. The number of carbonyl (C=O) groups excluding carboxylic acids is 1. The van der Waals surface area contributed by atoms with Gasteiger partial charge in [0.1, 0.15) is 5.76 Å². The van der Waals surface area contributed by atoms with Crippen molar-refractivity contribution < 1.29 is 9.53 Å². The van der Waals surface area contributed by atoms with Crippen LogP contribution < -0.4 is 0 Å². The molecule has 27 heavy (non-hydrogen) atoms. The maximum atomic E-state index is 12.4. The first-order valence-corrected chi connectivity index (χ1v) is 10.7. The molecule has 1 amide bonds. The second-order valence-electron chi connectivity index (χ2n) is 7.37. The molecule has 0 heterocycles. The molecular weight excluding hydrogens is 354 g/mol. The average molecular weight is 392 g/mol. The van der Waals surface area contributed by atoms with Crippen LogP contribution in [-0.2, 0) is 9.53 Å². The summed E-state index contributed by atoms with van der Waals surface area (Å²) in [6.45, 7) is 12.8. The molecule has 0 saturated heterocycles. The smallest absolute Gasteiger partial charge is 0.260 e. The average Bonchev–Trinajstić information content (AvgIpc) is 2.61. The van der Waals surface area contributed by atoms with Crippen LogP contribution in [0.2, 0.25) is 0 Å². The number of rotatable bonds is 11. The molecular formula is C23H37NO2S. The predicted octanol–water partition coefficient (Wildman–Crippen LogP) is 5.86. The Labute approximate surface area is 171 Å². The summed E-state index contributed by atoms with van der Waals surface area (Å²) in [5.74, 6) is 0.452. The van der Waals surface area contributed by atoms with Gasteiger partial charge in [0, 0.05) is 18.3 Å². The molecule has 0 spiro atoms. The van der Waals surface area contributed by atoms with E-state index in [9.17, 15) is 4.79 Å². The molecule has 0 saturated carbocycles. The van der Waals surface area contributed by atoms with Crippen molar-refractivity contribution in [3.05, 3.63) is 48.3 Å². The van der Waals surface area contributed by atoms with Gasteiger partial charge in [0.05, 0.1) is 0 Å². The molecule has 3 nitrogen and oxygen atoms in total.